The molecule has 15 nitrogen and oxygen atoms in total. The minimum atomic E-state index is -0.538. The van der Waals surface area contributed by atoms with Gasteiger partial charge in [0.2, 0.25) is 35.6 Å². The predicted molar refractivity (Wildman–Crippen MR) is 150 cm³/mol. The van der Waals surface area contributed by atoms with Crippen molar-refractivity contribution in [2.75, 3.05) is 39.3 Å². The molecule has 1 fully saturated rings. The van der Waals surface area contributed by atoms with Crippen LogP contribution in [0, 0.1) is 17.8 Å². The van der Waals surface area contributed by atoms with Gasteiger partial charge in [0.1, 0.15) is 0 Å². The van der Waals surface area contributed by atoms with Gasteiger partial charge in [-0.3, -0.25) is 61.9 Å². The molecule has 0 aromatic heterocycles. The Bertz CT molecular complexity index is 756. The number of carbonyl (C=O) groups excluding carboxylic acids is 3. The van der Waals surface area contributed by atoms with E-state index < -0.39 is 17.8 Å². The van der Waals surface area contributed by atoms with Crippen molar-refractivity contribution in [3.05, 3.63) is 0 Å². The average molecular weight is 705 g/mol. The molecule has 204 valence electrons. The zero-order chi connectivity index (χ0) is 23.0. The summed E-state index contributed by atoms with van der Waals surface area (Å²) in [5.74, 6) is -1.04. The molecule has 0 saturated heterocycles. The molecule has 9 N–H and O–H groups in total. The third kappa shape index (κ3) is 8.95. The van der Waals surface area contributed by atoms with E-state index >= 15 is 0 Å². The highest BCUT2D eigenvalue weighted by molar-refractivity contribution is 8.93. The van der Waals surface area contributed by atoms with Crippen LogP contribution in [-0.4, -0.2) is 74.9 Å². The number of nitrogens with one attached hydrogen (secondary N) is 9. The van der Waals surface area contributed by atoms with E-state index in [1.54, 1.807) is 0 Å². The van der Waals surface area contributed by atoms with Crippen LogP contribution in [0.15, 0.2) is 15.0 Å². The first kappa shape index (κ1) is 31.7. The average Bonchev–Trinajstić information content (AvgIpc) is 3.63. The Labute approximate surface area is 239 Å². The van der Waals surface area contributed by atoms with E-state index in [9.17, 15) is 14.4 Å². The van der Waals surface area contributed by atoms with E-state index in [-0.39, 0.29) is 68.7 Å². The maximum absolute atomic E-state index is 12.8. The van der Waals surface area contributed by atoms with Gasteiger partial charge in [-0.25, -0.2) is 0 Å². The molecule has 0 unspecified atom stereocenters. The van der Waals surface area contributed by atoms with Crippen molar-refractivity contribution in [1.29, 1.82) is 0 Å². The maximum atomic E-state index is 12.8. The summed E-state index contributed by atoms with van der Waals surface area (Å²) in [6.45, 7) is 4.00. The molecule has 4 aliphatic rings. The van der Waals surface area contributed by atoms with Gasteiger partial charge in [0, 0.05) is 37.4 Å². The van der Waals surface area contributed by atoms with Gasteiger partial charge in [-0.1, -0.05) is 0 Å². The summed E-state index contributed by atoms with van der Waals surface area (Å²) in [5.41, 5.74) is 16.2. The standard InChI is InChI=1S/C18H30N12O3.3BrH/c31-13(25-28-16-19-1-2-20-16)10-7-11(14(32)26-29-17-21-3-4-22-17)9-12(8-10)15(33)27-30-18-23-5-6-24-18;;;/h10-12H,1-9H2,(H,25,31)(H,26,32)(H,27,33)(H2,19,20,28)(H2,21,22,29)(H2,23,24,30);3*1H. The highest BCUT2D eigenvalue weighted by Gasteiger charge is 2.39. The molecule has 36 heavy (non-hydrogen) atoms. The van der Waals surface area contributed by atoms with Crippen molar-refractivity contribution >= 4 is 86.5 Å². The summed E-state index contributed by atoms with van der Waals surface area (Å²) < 4.78 is 0. The van der Waals surface area contributed by atoms with E-state index in [2.05, 4.69) is 63.5 Å². The molecule has 0 bridgehead atoms. The molecule has 0 atom stereocenters. The zero-order valence-electron chi connectivity index (χ0n) is 19.4. The van der Waals surface area contributed by atoms with Crippen molar-refractivity contribution in [2.45, 2.75) is 19.3 Å². The zero-order valence-corrected chi connectivity index (χ0v) is 24.5. The number of aliphatic imine (C=N–C) groups is 3. The molecule has 3 amide bonds. The van der Waals surface area contributed by atoms with Crippen LogP contribution in [0.25, 0.3) is 0 Å². The normalized spacial score (nSPS) is 23.7. The van der Waals surface area contributed by atoms with Gasteiger partial charge < -0.3 is 16.0 Å². The molecule has 4 rings (SSSR count). The quantitative estimate of drug-likeness (QED) is 0.143. The van der Waals surface area contributed by atoms with Crippen LogP contribution in [0.3, 0.4) is 0 Å². The molecule has 18 heteroatoms. The number of rotatable bonds is 3. The molecule has 0 aromatic carbocycles. The lowest BCUT2D eigenvalue weighted by Crippen LogP contribution is -2.54. The van der Waals surface area contributed by atoms with Gasteiger partial charge in [0.15, 0.2) is 0 Å². The van der Waals surface area contributed by atoms with Crippen LogP contribution in [0.2, 0.25) is 0 Å². The molecule has 0 radical (unpaired) electrons. The number of halogens is 3. The third-order valence-electron chi connectivity index (χ3n) is 5.75. The van der Waals surface area contributed by atoms with Crippen LogP contribution in [0.5, 0.6) is 0 Å². The topological polar surface area (TPSA) is 197 Å². The van der Waals surface area contributed by atoms with Crippen molar-refractivity contribution in [3.8, 4) is 0 Å². The second-order valence-electron chi connectivity index (χ2n) is 8.11. The lowest BCUT2D eigenvalue weighted by Gasteiger charge is -2.33. The third-order valence-corrected chi connectivity index (χ3v) is 5.75. The Kier molecular flexibility index (Phi) is 13.8. The first-order valence-corrected chi connectivity index (χ1v) is 11.1. The van der Waals surface area contributed by atoms with Gasteiger partial charge >= 0.3 is 0 Å². The SMILES string of the molecule is Br.Br.Br.O=C(NNC1=NCCN1)C1CC(C(=O)NNC2=NCCN2)CC(C(=O)NNC2=NCCN2)C1. The molecule has 3 aliphatic heterocycles. The fourth-order valence-electron chi connectivity index (χ4n) is 4.07. The second-order valence-corrected chi connectivity index (χ2v) is 8.11. The lowest BCUT2D eigenvalue weighted by molar-refractivity contribution is -0.135. The smallest absolute Gasteiger partial charge is 0.241 e. The van der Waals surface area contributed by atoms with Crippen molar-refractivity contribution < 1.29 is 14.4 Å². The van der Waals surface area contributed by atoms with Gasteiger partial charge in [-0.05, 0) is 19.3 Å². The molecule has 0 spiro atoms. The fourth-order valence-corrected chi connectivity index (χ4v) is 4.07. The Morgan fingerprint density at radius 2 is 0.833 bits per heavy atom. The summed E-state index contributed by atoms with van der Waals surface area (Å²) in [6.07, 6.45) is 0.935. The molecule has 1 aliphatic carbocycles. The largest absolute Gasteiger partial charge is 0.353 e. The Hall–Kier alpha value is -2.34. The molecular weight excluding hydrogens is 672 g/mol. The highest BCUT2D eigenvalue weighted by Crippen LogP contribution is 2.34. The first-order chi connectivity index (χ1) is 16.1. The number of guanidine groups is 3. The second kappa shape index (κ2) is 15.7. The van der Waals surface area contributed by atoms with Crippen molar-refractivity contribution in [3.63, 3.8) is 0 Å². The number of hydrazine groups is 3. The molecule has 1 saturated carbocycles. The Morgan fingerprint density at radius 3 is 1.06 bits per heavy atom. The fraction of sp³-hybridized carbons (Fsp3) is 0.667. The van der Waals surface area contributed by atoms with E-state index in [1.807, 2.05) is 0 Å². The molecule has 0 aromatic rings. The predicted octanol–water partition coefficient (Wildman–Crippen LogP) is -2.51. The summed E-state index contributed by atoms with van der Waals surface area (Å²) in [7, 11) is 0. The minimum Gasteiger partial charge on any atom is -0.353 e. The molecule has 3 heterocycles. The van der Waals surface area contributed by atoms with Crippen molar-refractivity contribution in [1.82, 2.24) is 48.5 Å². The Morgan fingerprint density at radius 1 is 0.556 bits per heavy atom. The van der Waals surface area contributed by atoms with E-state index in [0.29, 0.717) is 76.4 Å². The lowest BCUT2D eigenvalue weighted by atomic mass is 9.74. The van der Waals surface area contributed by atoms with Gasteiger partial charge in [0.25, 0.3) is 0 Å². The number of amides is 3. The van der Waals surface area contributed by atoms with E-state index in [4.69, 9.17) is 0 Å². The monoisotopic (exact) mass is 702 g/mol. The maximum Gasteiger partial charge on any atom is 0.241 e. The highest BCUT2D eigenvalue weighted by atomic mass is 79.9. The first-order valence-electron chi connectivity index (χ1n) is 11.1. The van der Waals surface area contributed by atoms with Crippen LogP contribution in [0.1, 0.15) is 19.3 Å². The van der Waals surface area contributed by atoms with Gasteiger partial charge in [0.05, 0.1) is 19.6 Å². The number of hydrogen-bond donors (Lipinski definition) is 9. The Balaban J connectivity index is 0.00000216. The van der Waals surface area contributed by atoms with Crippen LogP contribution < -0.4 is 48.5 Å². The minimum absolute atomic E-state index is 0. The van der Waals surface area contributed by atoms with Crippen LogP contribution in [-0.2, 0) is 14.4 Å². The summed E-state index contributed by atoms with van der Waals surface area (Å²) in [4.78, 5) is 50.9. The number of hydrogen-bond acceptors (Lipinski definition) is 12. The van der Waals surface area contributed by atoms with Gasteiger partial charge in [-0.15, -0.1) is 50.9 Å². The summed E-state index contributed by atoms with van der Waals surface area (Å²) in [6, 6.07) is 0. The van der Waals surface area contributed by atoms with E-state index in [0.717, 1.165) is 0 Å². The summed E-state index contributed by atoms with van der Waals surface area (Å²) in [5, 5.41) is 9.00. The van der Waals surface area contributed by atoms with Crippen LogP contribution >= 0.6 is 50.9 Å². The van der Waals surface area contributed by atoms with Crippen molar-refractivity contribution in [2.24, 2.45) is 32.7 Å². The van der Waals surface area contributed by atoms with Gasteiger partial charge in [-0.2, -0.15) is 0 Å². The number of nitrogens with zero attached hydrogens (tertiary/aromatic N) is 3. The summed E-state index contributed by atoms with van der Waals surface area (Å²) >= 11 is 0. The number of carbonyl (C=O) groups is 3. The molecular formula is C18H33Br3N12O3. The van der Waals surface area contributed by atoms with E-state index in [1.165, 1.54) is 0 Å². The van der Waals surface area contributed by atoms with Crippen LogP contribution in [0.4, 0.5) is 0 Å².